The highest BCUT2D eigenvalue weighted by Gasteiger charge is 2.30. The molecule has 1 saturated heterocycles. The van der Waals surface area contributed by atoms with Crippen LogP contribution in [0.2, 0.25) is 5.02 Å². The van der Waals surface area contributed by atoms with E-state index in [-0.39, 0.29) is 12.5 Å². The SMILES string of the molecule is COC(=O)c1ccc(N=C2S/C(=C\c3ccc(OCc4ccccc4C#N)c(Cl)c3)C(=O)N2C)cc1. The van der Waals surface area contributed by atoms with Crippen molar-refractivity contribution in [3.8, 4) is 11.8 Å². The van der Waals surface area contributed by atoms with Gasteiger partial charge in [0.25, 0.3) is 5.91 Å². The zero-order chi connectivity index (χ0) is 25.7. The molecule has 0 unspecified atom stereocenters. The molecule has 0 atom stereocenters. The van der Waals surface area contributed by atoms with Gasteiger partial charge in [-0.3, -0.25) is 9.69 Å². The van der Waals surface area contributed by atoms with Gasteiger partial charge in [0, 0.05) is 12.6 Å². The van der Waals surface area contributed by atoms with E-state index >= 15 is 0 Å². The molecule has 1 aliphatic heterocycles. The molecule has 0 saturated carbocycles. The van der Waals surface area contributed by atoms with E-state index in [1.807, 2.05) is 12.1 Å². The molecule has 4 rings (SSSR count). The molecule has 3 aromatic rings. The minimum Gasteiger partial charge on any atom is -0.487 e. The number of thioether (sulfide) groups is 1. The van der Waals surface area contributed by atoms with E-state index in [0.29, 0.717) is 37.7 Å². The lowest BCUT2D eigenvalue weighted by molar-refractivity contribution is -0.121. The number of esters is 1. The van der Waals surface area contributed by atoms with Gasteiger partial charge >= 0.3 is 5.97 Å². The fraction of sp³-hybridized carbons (Fsp3) is 0.111. The van der Waals surface area contributed by atoms with E-state index in [1.165, 1.54) is 23.8 Å². The van der Waals surface area contributed by atoms with Crippen molar-refractivity contribution >= 4 is 52.2 Å². The largest absolute Gasteiger partial charge is 0.487 e. The monoisotopic (exact) mass is 517 g/mol. The Labute approximate surface area is 217 Å². The second-order valence-corrected chi connectivity index (χ2v) is 9.07. The van der Waals surface area contributed by atoms with Crippen LogP contribution < -0.4 is 4.74 Å². The summed E-state index contributed by atoms with van der Waals surface area (Å²) in [5, 5.41) is 10.1. The van der Waals surface area contributed by atoms with E-state index in [0.717, 1.165) is 11.1 Å². The summed E-state index contributed by atoms with van der Waals surface area (Å²) in [6.45, 7) is 0.212. The smallest absolute Gasteiger partial charge is 0.337 e. The molecule has 180 valence electrons. The highest BCUT2D eigenvalue weighted by Crippen LogP contribution is 2.34. The maximum Gasteiger partial charge on any atom is 0.337 e. The molecule has 9 heteroatoms. The molecular formula is C27H20ClN3O4S. The van der Waals surface area contributed by atoms with Crippen LogP contribution in [0.15, 0.2) is 76.6 Å². The van der Waals surface area contributed by atoms with E-state index in [2.05, 4.69) is 11.1 Å². The summed E-state index contributed by atoms with van der Waals surface area (Å²) < 4.78 is 10.5. The number of halogens is 1. The van der Waals surface area contributed by atoms with Crippen molar-refractivity contribution < 1.29 is 19.1 Å². The second-order valence-electron chi connectivity index (χ2n) is 7.66. The number of likely N-dealkylation sites (N-methyl/N-ethyl adjacent to an activating group) is 1. The van der Waals surface area contributed by atoms with E-state index in [1.54, 1.807) is 67.7 Å². The summed E-state index contributed by atoms with van der Waals surface area (Å²) in [6, 6.07) is 21.2. The predicted molar refractivity (Wildman–Crippen MR) is 140 cm³/mol. The van der Waals surface area contributed by atoms with Gasteiger partial charge in [-0.05, 0) is 65.9 Å². The normalized spacial score (nSPS) is 15.3. The number of ether oxygens (including phenoxy) is 2. The molecule has 1 heterocycles. The lowest BCUT2D eigenvalue weighted by Crippen LogP contribution is -2.23. The molecule has 36 heavy (non-hydrogen) atoms. The Bertz CT molecular complexity index is 1430. The van der Waals surface area contributed by atoms with Gasteiger partial charge in [0.2, 0.25) is 0 Å². The average molecular weight is 518 g/mol. The van der Waals surface area contributed by atoms with Crippen molar-refractivity contribution in [3.05, 3.63) is 98.9 Å². The molecule has 1 fully saturated rings. The molecule has 1 aliphatic rings. The van der Waals surface area contributed by atoms with Gasteiger partial charge in [0.1, 0.15) is 12.4 Å². The van der Waals surface area contributed by atoms with Crippen LogP contribution in [0.4, 0.5) is 5.69 Å². The number of benzene rings is 3. The molecule has 0 bridgehead atoms. The van der Waals surface area contributed by atoms with Crippen LogP contribution in [0.25, 0.3) is 6.08 Å². The van der Waals surface area contributed by atoms with Gasteiger partial charge in [-0.2, -0.15) is 5.26 Å². The first-order valence-electron chi connectivity index (χ1n) is 10.7. The maximum absolute atomic E-state index is 12.8. The number of aliphatic imine (C=N–C) groups is 1. The van der Waals surface area contributed by atoms with Crippen LogP contribution in [-0.2, 0) is 16.1 Å². The van der Waals surface area contributed by atoms with E-state index in [4.69, 9.17) is 21.1 Å². The molecule has 3 aromatic carbocycles. The highest BCUT2D eigenvalue weighted by atomic mass is 35.5. The molecular weight excluding hydrogens is 498 g/mol. The quantitative estimate of drug-likeness (QED) is 0.302. The average Bonchev–Trinajstić information content (AvgIpc) is 3.15. The van der Waals surface area contributed by atoms with E-state index < -0.39 is 5.97 Å². The summed E-state index contributed by atoms with van der Waals surface area (Å²) in [6.07, 6.45) is 1.74. The molecule has 1 amide bonds. The molecule has 0 aliphatic carbocycles. The minimum absolute atomic E-state index is 0.186. The second kappa shape index (κ2) is 11.1. The fourth-order valence-corrected chi connectivity index (χ4v) is 4.57. The summed E-state index contributed by atoms with van der Waals surface area (Å²) in [4.78, 5) is 30.9. The third-order valence-electron chi connectivity index (χ3n) is 5.29. The van der Waals surface area contributed by atoms with Crippen molar-refractivity contribution in [2.45, 2.75) is 6.61 Å². The number of amides is 1. The first kappa shape index (κ1) is 25.0. The Balaban J connectivity index is 1.48. The number of carbonyl (C=O) groups excluding carboxylic acids is 2. The molecule has 0 radical (unpaired) electrons. The topological polar surface area (TPSA) is 92.0 Å². The van der Waals surface area contributed by atoms with Crippen LogP contribution in [0.3, 0.4) is 0 Å². The lowest BCUT2D eigenvalue weighted by atomic mass is 10.1. The first-order chi connectivity index (χ1) is 17.4. The van der Waals surface area contributed by atoms with Gasteiger partial charge in [0.05, 0.1) is 39.9 Å². The summed E-state index contributed by atoms with van der Waals surface area (Å²) >= 11 is 7.67. The summed E-state index contributed by atoms with van der Waals surface area (Å²) in [7, 11) is 2.98. The highest BCUT2D eigenvalue weighted by molar-refractivity contribution is 8.18. The van der Waals surface area contributed by atoms with Crippen molar-refractivity contribution in [2.75, 3.05) is 14.2 Å². The molecule has 7 nitrogen and oxygen atoms in total. The van der Waals surface area contributed by atoms with Crippen molar-refractivity contribution in [2.24, 2.45) is 4.99 Å². The summed E-state index contributed by atoms with van der Waals surface area (Å²) in [5.41, 5.74) is 3.08. The predicted octanol–water partition coefficient (Wildman–Crippen LogP) is 5.81. The molecule has 0 aromatic heterocycles. The van der Waals surface area contributed by atoms with Gasteiger partial charge in [-0.25, -0.2) is 9.79 Å². The van der Waals surface area contributed by atoms with Crippen LogP contribution in [0, 0.1) is 11.3 Å². The number of carbonyl (C=O) groups is 2. The van der Waals surface area contributed by atoms with Gasteiger partial charge in [0.15, 0.2) is 5.17 Å². The Hall–Kier alpha value is -4.06. The van der Waals surface area contributed by atoms with Crippen molar-refractivity contribution in [1.82, 2.24) is 4.90 Å². The Kier molecular flexibility index (Phi) is 7.74. The van der Waals surface area contributed by atoms with Gasteiger partial charge < -0.3 is 9.47 Å². The first-order valence-corrected chi connectivity index (χ1v) is 11.9. The summed E-state index contributed by atoms with van der Waals surface area (Å²) in [5.74, 6) is -0.134. The lowest BCUT2D eigenvalue weighted by Gasteiger charge is -2.10. The maximum atomic E-state index is 12.8. The number of nitrogens with zero attached hydrogens (tertiary/aromatic N) is 3. The fourth-order valence-electron chi connectivity index (χ4n) is 3.34. The van der Waals surface area contributed by atoms with Crippen LogP contribution in [-0.4, -0.2) is 36.1 Å². The number of rotatable bonds is 6. The molecule has 0 N–H and O–H groups in total. The Morgan fingerprint density at radius 3 is 2.61 bits per heavy atom. The van der Waals surface area contributed by atoms with Crippen molar-refractivity contribution in [3.63, 3.8) is 0 Å². The molecule has 0 spiro atoms. The number of hydrogen-bond donors (Lipinski definition) is 0. The zero-order valence-electron chi connectivity index (χ0n) is 19.4. The standard InChI is InChI=1S/C27H20ClN3O4S/c1-31-25(32)24(36-27(31)30-21-10-8-18(9-11-21)26(33)34-2)14-17-7-12-23(22(28)13-17)35-16-20-6-4-3-5-19(20)15-29/h3-14H,16H2,1-2H3/b24-14-,30-27?. The van der Waals surface area contributed by atoms with Crippen molar-refractivity contribution in [1.29, 1.82) is 5.26 Å². The van der Waals surface area contributed by atoms with Crippen LogP contribution in [0.1, 0.15) is 27.0 Å². The minimum atomic E-state index is -0.427. The Morgan fingerprint density at radius 2 is 1.92 bits per heavy atom. The number of amidine groups is 1. The van der Waals surface area contributed by atoms with E-state index in [9.17, 15) is 14.9 Å². The third-order valence-corrected chi connectivity index (χ3v) is 6.65. The van der Waals surface area contributed by atoms with Gasteiger partial charge in [-0.15, -0.1) is 0 Å². The number of methoxy groups -OCH3 is 1. The number of nitriles is 1. The Morgan fingerprint density at radius 1 is 1.17 bits per heavy atom. The number of hydrogen-bond acceptors (Lipinski definition) is 7. The zero-order valence-corrected chi connectivity index (χ0v) is 21.0. The van der Waals surface area contributed by atoms with Gasteiger partial charge in [-0.1, -0.05) is 35.9 Å². The van der Waals surface area contributed by atoms with Crippen LogP contribution in [0.5, 0.6) is 5.75 Å². The third kappa shape index (κ3) is 5.60. The van der Waals surface area contributed by atoms with Crippen LogP contribution >= 0.6 is 23.4 Å².